The first kappa shape index (κ1) is 18.0. The SMILES string of the molecule is Cn1cc(-c2cnc3c(-c4csc(C(=O)N5CCC(F)CC5)c4)cnn3c2)cn1. The van der Waals surface area contributed by atoms with E-state index in [0.29, 0.717) is 30.8 Å². The lowest BCUT2D eigenvalue weighted by Crippen LogP contribution is -2.38. The summed E-state index contributed by atoms with van der Waals surface area (Å²) in [6.07, 6.45) is 9.24. The Hall–Kier alpha value is -3.07. The molecule has 0 aromatic carbocycles. The molecule has 4 aromatic rings. The molecular weight excluding hydrogens is 391 g/mol. The molecule has 5 rings (SSSR count). The highest BCUT2D eigenvalue weighted by Gasteiger charge is 2.24. The van der Waals surface area contributed by atoms with Crippen LogP contribution in [-0.2, 0) is 7.05 Å². The largest absolute Gasteiger partial charge is 0.338 e. The van der Waals surface area contributed by atoms with E-state index in [1.807, 2.05) is 30.9 Å². The lowest BCUT2D eigenvalue weighted by Gasteiger charge is -2.28. The molecule has 0 atom stereocenters. The van der Waals surface area contributed by atoms with Crippen LogP contribution in [0.5, 0.6) is 0 Å². The van der Waals surface area contributed by atoms with E-state index < -0.39 is 6.17 Å². The second-order valence-electron chi connectivity index (χ2n) is 7.24. The lowest BCUT2D eigenvalue weighted by molar-refractivity contribution is 0.0672. The minimum Gasteiger partial charge on any atom is -0.338 e. The van der Waals surface area contributed by atoms with Crippen LogP contribution in [0.1, 0.15) is 22.5 Å². The number of halogens is 1. The highest BCUT2D eigenvalue weighted by atomic mass is 32.1. The number of rotatable bonds is 3. The van der Waals surface area contributed by atoms with Gasteiger partial charge in [0.15, 0.2) is 5.65 Å². The summed E-state index contributed by atoms with van der Waals surface area (Å²) in [5.74, 6) is -0.0311. The number of carbonyl (C=O) groups is 1. The molecule has 0 saturated carbocycles. The smallest absolute Gasteiger partial charge is 0.263 e. The number of aryl methyl sites for hydroxylation is 1. The molecule has 0 aliphatic carbocycles. The number of hydrogen-bond donors (Lipinski definition) is 0. The average Bonchev–Trinajstić information content (AvgIpc) is 3.46. The maximum Gasteiger partial charge on any atom is 0.263 e. The topological polar surface area (TPSA) is 68.3 Å². The summed E-state index contributed by atoms with van der Waals surface area (Å²) in [7, 11) is 1.87. The minimum atomic E-state index is -0.792. The Morgan fingerprint density at radius 2 is 1.90 bits per heavy atom. The Labute approximate surface area is 170 Å². The maximum absolute atomic E-state index is 13.3. The average molecular weight is 410 g/mol. The zero-order valence-corrected chi connectivity index (χ0v) is 16.6. The number of carbonyl (C=O) groups excluding carboxylic acids is 1. The van der Waals surface area contributed by atoms with Crippen LogP contribution in [0.3, 0.4) is 0 Å². The summed E-state index contributed by atoms with van der Waals surface area (Å²) in [4.78, 5) is 19.7. The summed E-state index contributed by atoms with van der Waals surface area (Å²) in [6.45, 7) is 0.950. The van der Waals surface area contributed by atoms with Gasteiger partial charge in [0.05, 0.1) is 17.3 Å². The number of amides is 1. The maximum atomic E-state index is 13.3. The molecule has 29 heavy (non-hydrogen) atoms. The number of hydrogen-bond acceptors (Lipinski definition) is 5. The van der Waals surface area contributed by atoms with Crippen molar-refractivity contribution in [2.45, 2.75) is 19.0 Å². The van der Waals surface area contributed by atoms with Gasteiger partial charge in [-0.3, -0.25) is 9.48 Å². The van der Waals surface area contributed by atoms with Crippen molar-refractivity contribution < 1.29 is 9.18 Å². The summed E-state index contributed by atoms with van der Waals surface area (Å²) in [6, 6.07) is 1.88. The normalized spacial score (nSPS) is 15.3. The molecule has 1 aliphatic heterocycles. The third kappa shape index (κ3) is 3.31. The summed E-state index contributed by atoms with van der Waals surface area (Å²) < 4.78 is 16.8. The first-order chi connectivity index (χ1) is 14.1. The van der Waals surface area contributed by atoms with Gasteiger partial charge < -0.3 is 4.90 Å². The van der Waals surface area contributed by atoms with Gasteiger partial charge in [0.2, 0.25) is 0 Å². The Balaban J connectivity index is 1.42. The third-order valence-corrected chi connectivity index (χ3v) is 6.15. The molecule has 5 heterocycles. The summed E-state index contributed by atoms with van der Waals surface area (Å²) in [5.41, 5.74) is 4.42. The van der Waals surface area contributed by atoms with E-state index in [0.717, 1.165) is 27.9 Å². The monoisotopic (exact) mass is 410 g/mol. The fourth-order valence-corrected chi connectivity index (χ4v) is 4.47. The Bertz CT molecular complexity index is 1190. The van der Waals surface area contributed by atoms with Crippen LogP contribution in [0, 0.1) is 0 Å². The van der Waals surface area contributed by atoms with Crippen molar-refractivity contribution in [1.82, 2.24) is 29.3 Å². The van der Waals surface area contributed by atoms with Crippen LogP contribution in [0.25, 0.3) is 27.9 Å². The third-order valence-electron chi connectivity index (χ3n) is 5.23. The number of thiophene rings is 1. The molecule has 0 radical (unpaired) electrons. The van der Waals surface area contributed by atoms with Gasteiger partial charge in [-0.15, -0.1) is 11.3 Å². The van der Waals surface area contributed by atoms with Crippen LogP contribution in [-0.4, -0.2) is 54.4 Å². The predicted octanol–water partition coefficient (Wildman–Crippen LogP) is 3.43. The number of nitrogens with zero attached hydrogens (tertiary/aromatic N) is 6. The molecule has 7 nitrogen and oxygen atoms in total. The Kier molecular flexibility index (Phi) is 4.39. The lowest BCUT2D eigenvalue weighted by atomic mass is 10.1. The van der Waals surface area contributed by atoms with Gasteiger partial charge in [0.25, 0.3) is 5.91 Å². The summed E-state index contributed by atoms with van der Waals surface area (Å²) in [5, 5.41) is 10.6. The first-order valence-corrected chi connectivity index (χ1v) is 10.3. The van der Waals surface area contributed by atoms with Crippen molar-refractivity contribution in [3.63, 3.8) is 0 Å². The van der Waals surface area contributed by atoms with E-state index in [1.54, 1.807) is 32.7 Å². The van der Waals surface area contributed by atoms with Gasteiger partial charge in [-0.25, -0.2) is 13.9 Å². The van der Waals surface area contributed by atoms with Gasteiger partial charge in [0, 0.05) is 55.4 Å². The molecule has 0 bridgehead atoms. The molecule has 0 spiro atoms. The Morgan fingerprint density at radius 1 is 1.10 bits per heavy atom. The van der Waals surface area contributed by atoms with Gasteiger partial charge >= 0.3 is 0 Å². The van der Waals surface area contributed by atoms with E-state index in [9.17, 15) is 9.18 Å². The van der Waals surface area contributed by atoms with Crippen molar-refractivity contribution in [3.8, 4) is 22.3 Å². The van der Waals surface area contributed by atoms with E-state index >= 15 is 0 Å². The molecule has 1 fully saturated rings. The van der Waals surface area contributed by atoms with Crippen LogP contribution in [0.2, 0.25) is 0 Å². The Morgan fingerprint density at radius 3 is 2.66 bits per heavy atom. The molecule has 0 unspecified atom stereocenters. The summed E-state index contributed by atoms with van der Waals surface area (Å²) >= 11 is 1.40. The van der Waals surface area contributed by atoms with Gasteiger partial charge in [-0.1, -0.05) is 0 Å². The highest BCUT2D eigenvalue weighted by Crippen LogP contribution is 2.30. The second-order valence-corrected chi connectivity index (χ2v) is 8.15. The number of likely N-dealkylation sites (tertiary alicyclic amines) is 1. The predicted molar refractivity (Wildman–Crippen MR) is 109 cm³/mol. The second kappa shape index (κ2) is 7.07. The molecule has 148 valence electrons. The number of aromatic nitrogens is 5. The molecule has 1 aliphatic rings. The number of alkyl halides is 1. The van der Waals surface area contributed by atoms with Crippen molar-refractivity contribution in [1.29, 1.82) is 0 Å². The van der Waals surface area contributed by atoms with Crippen LogP contribution >= 0.6 is 11.3 Å². The number of piperidine rings is 1. The van der Waals surface area contributed by atoms with Crippen LogP contribution in [0.4, 0.5) is 4.39 Å². The molecular formula is C20H19FN6OS. The van der Waals surface area contributed by atoms with E-state index in [-0.39, 0.29) is 5.91 Å². The quantitative estimate of drug-likeness (QED) is 0.519. The van der Waals surface area contributed by atoms with Crippen LogP contribution < -0.4 is 0 Å². The van der Waals surface area contributed by atoms with Crippen LogP contribution in [0.15, 0.2) is 42.4 Å². The van der Waals surface area contributed by atoms with Gasteiger partial charge in [0.1, 0.15) is 6.17 Å². The highest BCUT2D eigenvalue weighted by molar-refractivity contribution is 7.12. The minimum absolute atomic E-state index is 0.0311. The molecule has 1 amide bonds. The van der Waals surface area contributed by atoms with E-state index in [4.69, 9.17) is 0 Å². The van der Waals surface area contributed by atoms with E-state index in [1.165, 1.54) is 11.3 Å². The van der Waals surface area contributed by atoms with Crippen molar-refractivity contribution >= 4 is 22.9 Å². The van der Waals surface area contributed by atoms with Crippen molar-refractivity contribution in [2.24, 2.45) is 7.05 Å². The van der Waals surface area contributed by atoms with Gasteiger partial charge in [-0.05, 0) is 29.9 Å². The fraction of sp³-hybridized carbons (Fsp3) is 0.300. The zero-order valence-electron chi connectivity index (χ0n) is 15.8. The standard InChI is InChI=1S/C20H19FN6OS/c1-25-10-15(8-23-25)14-7-22-19-17(9-24-27(19)11-14)13-6-18(29-12-13)20(28)26-4-2-16(21)3-5-26/h6-12,16H,2-5H2,1H3. The fourth-order valence-electron chi connectivity index (χ4n) is 3.59. The van der Waals surface area contributed by atoms with Gasteiger partial charge in [-0.2, -0.15) is 10.2 Å². The molecule has 1 saturated heterocycles. The molecule has 9 heteroatoms. The van der Waals surface area contributed by atoms with Crippen molar-refractivity contribution in [2.75, 3.05) is 13.1 Å². The molecule has 4 aromatic heterocycles. The van der Waals surface area contributed by atoms with E-state index in [2.05, 4.69) is 15.2 Å². The number of fused-ring (bicyclic) bond motifs is 1. The molecule has 0 N–H and O–H groups in total. The first-order valence-electron chi connectivity index (χ1n) is 9.43. The zero-order chi connectivity index (χ0) is 20.0. The van der Waals surface area contributed by atoms with Crippen molar-refractivity contribution in [3.05, 3.63) is 47.3 Å².